The fraction of sp³-hybridized carbons (Fsp3) is 0.312. The highest BCUT2D eigenvalue weighted by molar-refractivity contribution is 5.95. The van der Waals surface area contributed by atoms with Gasteiger partial charge in [-0.05, 0) is 13.0 Å². The van der Waals surface area contributed by atoms with Crippen molar-refractivity contribution in [1.29, 1.82) is 0 Å². The standard InChI is InChI=1S/C16H17F4N5O2/c1-4-22-13-9(16(18,19)20)7-23-15(25-13)24-11-6-10(17)8(14(26)21-2)5-12(11)27-3/h5-7H,4H2,1-3H3,(H,21,26)(H2,22,23,24,25). The van der Waals surface area contributed by atoms with Gasteiger partial charge in [0.1, 0.15) is 22.9 Å². The number of rotatable bonds is 6. The summed E-state index contributed by atoms with van der Waals surface area (Å²) in [7, 11) is 2.64. The summed E-state index contributed by atoms with van der Waals surface area (Å²) in [5.74, 6) is -2.04. The van der Waals surface area contributed by atoms with Crippen LogP contribution in [0.15, 0.2) is 18.3 Å². The average molecular weight is 387 g/mol. The number of alkyl halides is 3. The van der Waals surface area contributed by atoms with Gasteiger partial charge in [-0.1, -0.05) is 0 Å². The maximum absolute atomic E-state index is 14.2. The molecule has 0 bridgehead atoms. The molecule has 0 aliphatic rings. The molecule has 11 heteroatoms. The van der Waals surface area contributed by atoms with Crippen LogP contribution in [0.1, 0.15) is 22.8 Å². The molecule has 1 amide bonds. The van der Waals surface area contributed by atoms with Gasteiger partial charge in [0.2, 0.25) is 5.95 Å². The van der Waals surface area contributed by atoms with E-state index in [1.54, 1.807) is 6.92 Å². The Kier molecular flexibility index (Phi) is 6.03. The molecule has 0 atom stereocenters. The Bertz CT molecular complexity index is 842. The number of benzene rings is 1. The number of halogens is 4. The van der Waals surface area contributed by atoms with Gasteiger partial charge in [-0.2, -0.15) is 18.2 Å². The van der Waals surface area contributed by atoms with Crippen LogP contribution in [0.5, 0.6) is 5.75 Å². The highest BCUT2D eigenvalue weighted by Crippen LogP contribution is 2.35. The Morgan fingerprint density at radius 1 is 1.30 bits per heavy atom. The topological polar surface area (TPSA) is 88.2 Å². The minimum absolute atomic E-state index is 0.0462. The van der Waals surface area contributed by atoms with Crippen molar-refractivity contribution >= 4 is 23.4 Å². The Labute approximate surface area is 152 Å². The Morgan fingerprint density at radius 2 is 2.00 bits per heavy atom. The molecule has 2 aromatic rings. The van der Waals surface area contributed by atoms with Crippen LogP contribution in [-0.2, 0) is 6.18 Å². The van der Waals surface area contributed by atoms with Crippen LogP contribution in [0.3, 0.4) is 0 Å². The summed E-state index contributed by atoms with van der Waals surface area (Å²) >= 11 is 0. The van der Waals surface area contributed by atoms with Crippen LogP contribution in [-0.4, -0.2) is 36.6 Å². The van der Waals surface area contributed by atoms with E-state index >= 15 is 0 Å². The third-order valence-corrected chi connectivity index (χ3v) is 3.45. The third kappa shape index (κ3) is 4.54. The molecule has 146 valence electrons. The van der Waals surface area contributed by atoms with Crippen molar-refractivity contribution in [2.24, 2.45) is 0 Å². The van der Waals surface area contributed by atoms with E-state index in [9.17, 15) is 22.4 Å². The molecule has 1 heterocycles. The molecule has 27 heavy (non-hydrogen) atoms. The maximum atomic E-state index is 14.2. The fourth-order valence-electron chi connectivity index (χ4n) is 2.20. The van der Waals surface area contributed by atoms with Crippen LogP contribution in [0.25, 0.3) is 0 Å². The van der Waals surface area contributed by atoms with Crippen LogP contribution >= 0.6 is 0 Å². The molecule has 0 fully saturated rings. The SMILES string of the molecule is CCNc1nc(Nc2cc(F)c(C(=O)NC)cc2OC)ncc1C(F)(F)F. The Balaban J connectivity index is 2.43. The Hall–Kier alpha value is -3.11. The predicted molar refractivity (Wildman–Crippen MR) is 90.8 cm³/mol. The van der Waals surface area contributed by atoms with E-state index in [1.165, 1.54) is 14.2 Å². The highest BCUT2D eigenvalue weighted by atomic mass is 19.4. The van der Waals surface area contributed by atoms with Crippen LogP contribution in [0.2, 0.25) is 0 Å². The molecule has 0 radical (unpaired) electrons. The second-order valence-electron chi connectivity index (χ2n) is 5.22. The van der Waals surface area contributed by atoms with Gasteiger partial charge in [0.25, 0.3) is 5.91 Å². The second kappa shape index (κ2) is 8.06. The lowest BCUT2D eigenvalue weighted by Gasteiger charge is -2.15. The normalized spacial score (nSPS) is 11.1. The molecule has 0 spiro atoms. The number of aromatic nitrogens is 2. The number of anilines is 3. The number of amides is 1. The average Bonchev–Trinajstić information content (AvgIpc) is 2.61. The number of hydrogen-bond acceptors (Lipinski definition) is 6. The lowest BCUT2D eigenvalue weighted by Crippen LogP contribution is -2.19. The molecule has 0 aliphatic carbocycles. The van der Waals surface area contributed by atoms with Gasteiger partial charge in [-0.3, -0.25) is 4.79 Å². The number of methoxy groups -OCH3 is 1. The monoisotopic (exact) mass is 387 g/mol. The fourth-order valence-corrected chi connectivity index (χ4v) is 2.20. The largest absolute Gasteiger partial charge is 0.495 e. The molecular formula is C16H17F4N5O2. The number of ether oxygens (including phenoxy) is 1. The first-order chi connectivity index (χ1) is 12.7. The van der Waals surface area contributed by atoms with Crippen molar-refractivity contribution < 1.29 is 27.1 Å². The lowest BCUT2D eigenvalue weighted by atomic mass is 10.1. The van der Waals surface area contributed by atoms with Gasteiger partial charge in [0.15, 0.2) is 0 Å². The van der Waals surface area contributed by atoms with Crippen molar-refractivity contribution in [2.45, 2.75) is 13.1 Å². The molecule has 0 saturated heterocycles. The smallest absolute Gasteiger partial charge is 0.421 e. The number of nitrogens with zero attached hydrogens (tertiary/aromatic N) is 2. The summed E-state index contributed by atoms with van der Waals surface area (Å²) in [5, 5.41) is 7.40. The summed E-state index contributed by atoms with van der Waals surface area (Å²) in [6, 6.07) is 2.13. The van der Waals surface area contributed by atoms with E-state index in [0.29, 0.717) is 6.20 Å². The minimum Gasteiger partial charge on any atom is -0.495 e. The quantitative estimate of drug-likeness (QED) is 0.660. The summed E-state index contributed by atoms with van der Waals surface area (Å²) in [6.45, 7) is 1.82. The van der Waals surface area contributed by atoms with Crippen molar-refractivity contribution in [3.05, 3.63) is 35.3 Å². The molecule has 0 saturated carbocycles. The summed E-state index contributed by atoms with van der Waals surface area (Å²) in [4.78, 5) is 19.1. The molecule has 1 aromatic heterocycles. The van der Waals surface area contributed by atoms with E-state index in [0.717, 1.165) is 12.1 Å². The highest BCUT2D eigenvalue weighted by Gasteiger charge is 2.35. The second-order valence-corrected chi connectivity index (χ2v) is 5.22. The van der Waals surface area contributed by atoms with Crippen molar-refractivity contribution in [3.8, 4) is 5.75 Å². The number of hydrogen-bond donors (Lipinski definition) is 3. The number of carbonyl (C=O) groups excluding carboxylic acids is 1. The zero-order chi connectivity index (χ0) is 20.2. The maximum Gasteiger partial charge on any atom is 0.421 e. The molecule has 2 rings (SSSR count). The van der Waals surface area contributed by atoms with E-state index < -0.39 is 29.3 Å². The molecule has 1 aromatic carbocycles. The molecule has 3 N–H and O–H groups in total. The van der Waals surface area contributed by atoms with Crippen molar-refractivity contribution in [2.75, 3.05) is 31.3 Å². The number of carbonyl (C=O) groups is 1. The first-order valence-electron chi connectivity index (χ1n) is 7.76. The molecule has 7 nitrogen and oxygen atoms in total. The van der Waals surface area contributed by atoms with Gasteiger partial charge < -0.3 is 20.7 Å². The van der Waals surface area contributed by atoms with E-state index in [4.69, 9.17) is 4.74 Å². The van der Waals surface area contributed by atoms with Crippen LogP contribution in [0.4, 0.5) is 35.0 Å². The third-order valence-electron chi connectivity index (χ3n) is 3.45. The zero-order valence-electron chi connectivity index (χ0n) is 14.7. The van der Waals surface area contributed by atoms with E-state index in [-0.39, 0.29) is 29.5 Å². The van der Waals surface area contributed by atoms with Gasteiger partial charge in [-0.15, -0.1) is 0 Å². The first-order valence-corrected chi connectivity index (χ1v) is 7.76. The molecule has 0 unspecified atom stereocenters. The lowest BCUT2D eigenvalue weighted by molar-refractivity contribution is -0.137. The number of nitrogens with one attached hydrogen (secondary N) is 3. The van der Waals surface area contributed by atoms with Crippen molar-refractivity contribution in [1.82, 2.24) is 15.3 Å². The van der Waals surface area contributed by atoms with E-state index in [2.05, 4.69) is 25.9 Å². The van der Waals surface area contributed by atoms with Gasteiger partial charge in [0, 0.05) is 25.9 Å². The molecule has 0 aliphatic heterocycles. The van der Waals surface area contributed by atoms with Gasteiger partial charge in [0.05, 0.1) is 18.4 Å². The first kappa shape index (κ1) is 20.2. The molecular weight excluding hydrogens is 370 g/mol. The zero-order valence-corrected chi connectivity index (χ0v) is 14.7. The summed E-state index contributed by atoms with van der Waals surface area (Å²) in [6.07, 6.45) is -4.01. The van der Waals surface area contributed by atoms with Crippen LogP contribution < -0.4 is 20.7 Å². The van der Waals surface area contributed by atoms with Gasteiger partial charge >= 0.3 is 6.18 Å². The van der Waals surface area contributed by atoms with Crippen molar-refractivity contribution in [3.63, 3.8) is 0 Å². The van der Waals surface area contributed by atoms with Gasteiger partial charge in [-0.25, -0.2) is 9.37 Å². The predicted octanol–water partition coefficient (Wildman–Crippen LogP) is 3.18. The summed E-state index contributed by atoms with van der Waals surface area (Å²) in [5.41, 5.74) is -1.23. The van der Waals surface area contributed by atoms with Crippen LogP contribution in [0, 0.1) is 5.82 Å². The Morgan fingerprint density at radius 3 is 2.56 bits per heavy atom. The minimum atomic E-state index is -4.63. The summed E-state index contributed by atoms with van der Waals surface area (Å²) < 4.78 is 58.3. The van der Waals surface area contributed by atoms with E-state index in [1.807, 2.05) is 0 Å².